The molecule has 2 aromatic heterocycles. The smallest absolute Gasteiger partial charge is 0.254 e. The summed E-state index contributed by atoms with van der Waals surface area (Å²) in [5, 5.41) is 0. The van der Waals surface area contributed by atoms with Crippen LogP contribution >= 0.6 is 0 Å². The maximum Gasteiger partial charge on any atom is 0.254 e. The zero-order valence-corrected chi connectivity index (χ0v) is 20.4. The van der Waals surface area contributed by atoms with Crippen molar-refractivity contribution in [2.45, 2.75) is 45.7 Å². The highest BCUT2D eigenvalue weighted by atomic mass is 16.5. The van der Waals surface area contributed by atoms with Crippen LogP contribution < -0.4 is 4.74 Å². The second kappa shape index (κ2) is 10.1. The fourth-order valence-corrected chi connectivity index (χ4v) is 3.96. The normalized spacial score (nSPS) is 11.5. The molecule has 0 spiro atoms. The summed E-state index contributed by atoms with van der Waals surface area (Å²) in [6, 6.07) is 19.9. The first kappa shape index (κ1) is 23.5. The van der Waals surface area contributed by atoms with Gasteiger partial charge in [-0.2, -0.15) is 0 Å². The van der Waals surface area contributed by atoms with E-state index in [9.17, 15) is 4.79 Å². The first-order chi connectivity index (χ1) is 16.3. The molecule has 1 amide bonds. The molecule has 0 atom stereocenters. The third-order valence-electron chi connectivity index (χ3n) is 5.90. The van der Waals surface area contributed by atoms with Crippen LogP contribution in [0.3, 0.4) is 0 Å². The molecule has 0 aliphatic heterocycles. The molecule has 2 heterocycles. The Labute approximate surface area is 201 Å². The van der Waals surface area contributed by atoms with E-state index in [1.54, 1.807) is 36.5 Å². The van der Waals surface area contributed by atoms with Crippen LogP contribution in [0.4, 0.5) is 0 Å². The molecule has 0 aliphatic carbocycles. The fourth-order valence-electron chi connectivity index (χ4n) is 3.96. The number of pyridine rings is 1. The van der Waals surface area contributed by atoms with Gasteiger partial charge in [0.2, 0.25) is 0 Å². The van der Waals surface area contributed by atoms with Crippen LogP contribution in [0.15, 0.2) is 73.1 Å². The Kier molecular flexibility index (Phi) is 6.96. The summed E-state index contributed by atoms with van der Waals surface area (Å²) in [5.41, 5.74) is 4.03. The average Bonchev–Trinajstić information content (AvgIpc) is 3.18. The number of aromatic nitrogens is 3. The fraction of sp³-hybridized carbons (Fsp3) is 0.321. The van der Waals surface area contributed by atoms with Crippen LogP contribution in [0.1, 0.15) is 48.9 Å². The van der Waals surface area contributed by atoms with Crippen LogP contribution in [0.5, 0.6) is 5.75 Å². The molecule has 34 heavy (non-hydrogen) atoms. The van der Waals surface area contributed by atoms with Crippen molar-refractivity contribution in [1.82, 2.24) is 19.4 Å². The molecule has 4 rings (SSSR count). The number of aryl methyl sites for hydroxylation is 1. The van der Waals surface area contributed by atoms with Gasteiger partial charge < -0.3 is 14.2 Å². The number of fused-ring (bicyclic) bond motifs is 1. The van der Waals surface area contributed by atoms with E-state index in [2.05, 4.69) is 48.5 Å². The van der Waals surface area contributed by atoms with E-state index in [0.29, 0.717) is 18.7 Å². The Hall–Kier alpha value is -3.67. The van der Waals surface area contributed by atoms with Crippen molar-refractivity contribution < 1.29 is 9.53 Å². The zero-order valence-electron chi connectivity index (χ0n) is 20.4. The number of hydrogen-bond acceptors (Lipinski definition) is 4. The van der Waals surface area contributed by atoms with E-state index in [-0.39, 0.29) is 11.3 Å². The second-order valence-electron chi connectivity index (χ2n) is 9.54. The molecular formula is C28H32N4O2. The predicted octanol–water partition coefficient (Wildman–Crippen LogP) is 5.47. The molecule has 176 valence electrons. The summed E-state index contributed by atoms with van der Waals surface area (Å²) < 4.78 is 8.19. The van der Waals surface area contributed by atoms with Gasteiger partial charge in [-0.3, -0.25) is 9.78 Å². The summed E-state index contributed by atoms with van der Waals surface area (Å²) in [7, 11) is 1.80. The second-order valence-corrected chi connectivity index (χ2v) is 9.54. The van der Waals surface area contributed by atoms with Crippen LogP contribution in [0.2, 0.25) is 0 Å². The highest BCUT2D eigenvalue weighted by molar-refractivity contribution is 5.93. The molecule has 0 saturated carbocycles. The van der Waals surface area contributed by atoms with E-state index >= 15 is 0 Å². The number of hydrogen-bond donors (Lipinski definition) is 0. The van der Waals surface area contributed by atoms with Gasteiger partial charge in [0.1, 0.15) is 11.6 Å². The van der Waals surface area contributed by atoms with Crippen molar-refractivity contribution in [3.8, 4) is 5.75 Å². The summed E-state index contributed by atoms with van der Waals surface area (Å²) in [4.78, 5) is 23.3. The van der Waals surface area contributed by atoms with Gasteiger partial charge in [-0.15, -0.1) is 0 Å². The maximum absolute atomic E-state index is 12.8. The molecule has 6 heteroatoms. The van der Waals surface area contributed by atoms with Gasteiger partial charge in [-0.1, -0.05) is 45.0 Å². The number of ether oxygens (including phenoxy) is 1. The zero-order chi connectivity index (χ0) is 24.1. The molecule has 4 aromatic rings. The SMILES string of the molecule is CN(Cc1nc2ccccc2n1CCCOc1ccc(C(C)(C)C)cc1)C(=O)c1ccncc1. The van der Waals surface area contributed by atoms with Crippen molar-refractivity contribution in [1.29, 1.82) is 0 Å². The Morgan fingerprint density at radius 3 is 2.41 bits per heavy atom. The monoisotopic (exact) mass is 456 g/mol. The first-order valence-electron chi connectivity index (χ1n) is 11.7. The Bertz CT molecular complexity index is 1240. The van der Waals surface area contributed by atoms with Crippen molar-refractivity contribution in [3.05, 3.63) is 90.0 Å². The molecular weight excluding hydrogens is 424 g/mol. The number of para-hydroxylation sites is 2. The molecule has 0 fully saturated rings. The number of nitrogens with zero attached hydrogens (tertiary/aromatic N) is 4. The van der Waals surface area contributed by atoms with Gasteiger partial charge in [0.05, 0.1) is 24.2 Å². The number of amides is 1. The quantitative estimate of drug-likeness (QED) is 0.330. The van der Waals surface area contributed by atoms with Gasteiger partial charge >= 0.3 is 0 Å². The minimum Gasteiger partial charge on any atom is -0.494 e. The number of rotatable bonds is 8. The number of imidazole rings is 1. The van der Waals surface area contributed by atoms with Gasteiger partial charge in [-0.25, -0.2) is 4.98 Å². The van der Waals surface area contributed by atoms with E-state index < -0.39 is 0 Å². The third kappa shape index (κ3) is 5.45. The van der Waals surface area contributed by atoms with Crippen LogP contribution in [-0.4, -0.2) is 39.0 Å². The van der Waals surface area contributed by atoms with Crippen molar-refractivity contribution in [3.63, 3.8) is 0 Å². The molecule has 0 unspecified atom stereocenters. The van der Waals surface area contributed by atoms with Crippen molar-refractivity contribution in [2.75, 3.05) is 13.7 Å². The van der Waals surface area contributed by atoms with Crippen molar-refractivity contribution >= 4 is 16.9 Å². The summed E-state index contributed by atoms with van der Waals surface area (Å²) in [6.45, 7) is 8.40. The summed E-state index contributed by atoms with van der Waals surface area (Å²) >= 11 is 0. The lowest BCUT2D eigenvalue weighted by Crippen LogP contribution is -2.28. The molecule has 0 saturated heterocycles. The molecule has 0 radical (unpaired) electrons. The Balaban J connectivity index is 1.42. The number of carbonyl (C=O) groups is 1. The molecule has 0 aliphatic rings. The van der Waals surface area contributed by atoms with E-state index in [1.165, 1.54) is 5.56 Å². The van der Waals surface area contributed by atoms with Gasteiger partial charge in [0, 0.05) is 31.5 Å². The number of benzene rings is 2. The number of carbonyl (C=O) groups excluding carboxylic acids is 1. The lowest BCUT2D eigenvalue weighted by atomic mass is 9.87. The van der Waals surface area contributed by atoms with E-state index in [0.717, 1.165) is 35.6 Å². The van der Waals surface area contributed by atoms with Gasteiger partial charge in [0.15, 0.2) is 0 Å². The topological polar surface area (TPSA) is 60.2 Å². The van der Waals surface area contributed by atoms with Crippen LogP contribution in [0, 0.1) is 0 Å². The van der Waals surface area contributed by atoms with Crippen molar-refractivity contribution in [2.24, 2.45) is 0 Å². The average molecular weight is 457 g/mol. The maximum atomic E-state index is 12.8. The predicted molar refractivity (Wildman–Crippen MR) is 135 cm³/mol. The van der Waals surface area contributed by atoms with Crippen LogP contribution in [-0.2, 0) is 18.5 Å². The van der Waals surface area contributed by atoms with E-state index in [1.807, 2.05) is 30.3 Å². The Morgan fingerprint density at radius 1 is 1.00 bits per heavy atom. The standard InChI is InChI=1S/C28H32N4O2/c1-28(2,3)22-10-12-23(13-11-22)34-19-7-18-32-25-9-6-5-8-24(25)30-26(32)20-31(4)27(33)21-14-16-29-17-15-21/h5-6,8-17H,7,18-20H2,1-4H3. The largest absolute Gasteiger partial charge is 0.494 e. The van der Waals surface area contributed by atoms with Crippen LogP contribution in [0.25, 0.3) is 11.0 Å². The molecule has 0 bridgehead atoms. The lowest BCUT2D eigenvalue weighted by molar-refractivity contribution is 0.0780. The molecule has 6 nitrogen and oxygen atoms in total. The minimum atomic E-state index is -0.0527. The highest BCUT2D eigenvalue weighted by Gasteiger charge is 2.17. The Morgan fingerprint density at radius 2 is 1.71 bits per heavy atom. The molecule has 2 aromatic carbocycles. The summed E-state index contributed by atoms with van der Waals surface area (Å²) in [6.07, 6.45) is 4.09. The highest BCUT2D eigenvalue weighted by Crippen LogP contribution is 2.24. The third-order valence-corrected chi connectivity index (χ3v) is 5.90. The first-order valence-corrected chi connectivity index (χ1v) is 11.7. The molecule has 0 N–H and O–H groups in total. The van der Waals surface area contributed by atoms with E-state index in [4.69, 9.17) is 9.72 Å². The van der Waals surface area contributed by atoms with Gasteiger partial charge in [0.25, 0.3) is 5.91 Å². The minimum absolute atomic E-state index is 0.0527. The van der Waals surface area contributed by atoms with Gasteiger partial charge in [-0.05, 0) is 53.8 Å². The lowest BCUT2D eigenvalue weighted by Gasteiger charge is -2.19. The summed E-state index contributed by atoms with van der Waals surface area (Å²) in [5.74, 6) is 1.69.